The van der Waals surface area contributed by atoms with E-state index in [1.807, 2.05) is 6.07 Å². The van der Waals surface area contributed by atoms with Crippen molar-refractivity contribution in [3.63, 3.8) is 0 Å². The SMILES string of the molecule is CC(C)n1c(-c2ccccc2)nc(C2CCCCC2)c1N. The Morgan fingerprint density at radius 3 is 2.38 bits per heavy atom. The van der Waals surface area contributed by atoms with Crippen molar-refractivity contribution in [3.8, 4) is 11.4 Å². The van der Waals surface area contributed by atoms with E-state index in [-0.39, 0.29) is 0 Å². The minimum absolute atomic E-state index is 0.324. The van der Waals surface area contributed by atoms with Crippen molar-refractivity contribution >= 4 is 5.82 Å². The molecule has 2 N–H and O–H groups in total. The first-order valence-corrected chi connectivity index (χ1v) is 8.11. The van der Waals surface area contributed by atoms with E-state index in [1.165, 1.54) is 32.1 Å². The molecule has 0 radical (unpaired) electrons. The van der Waals surface area contributed by atoms with Crippen LogP contribution in [0.2, 0.25) is 0 Å². The second-order valence-corrected chi connectivity index (χ2v) is 6.37. The summed E-state index contributed by atoms with van der Waals surface area (Å²) in [7, 11) is 0. The molecule has 0 spiro atoms. The Hall–Kier alpha value is -1.77. The highest BCUT2D eigenvalue weighted by atomic mass is 15.2. The number of aromatic nitrogens is 2. The minimum Gasteiger partial charge on any atom is -0.384 e. The number of hydrogen-bond acceptors (Lipinski definition) is 2. The highest BCUT2D eigenvalue weighted by Crippen LogP contribution is 2.38. The van der Waals surface area contributed by atoms with Gasteiger partial charge in [0.1, 0.15) is 11.6 Å². The first-order valence-electron chi connectivity index (χ1n) is 8.11. The second kappa shape index (κ2) is 5.92. The fourth-order valence-electron chi connectivity index (χ4n) is 3.45. The molecule has 1 aromatic heterocycles. The average molecular weight is 283 g/mol. The van der Waals surface area contributed by atoms with E-state index >= 15 is 0 Å². The van der Waals surface area contributed by atoms with Crippen LogP contribution in [0.15, 0.2) is 30.3 Å². The summed E-state index contributed by atoms with van der Waals surface area (Å²) >= 11 is 0. The third-order valence-electron chi connectivity index (χ3n) is 4.52. The van der Waals surface area contributed by atoms with Gasteiger partial charge in [-0.1, -0.05) is 49.6 Å². The van der Waals surface area contributed by atoms with E-state index in [0.717, 1.165) is 22.9 Å². The largest absolute Gasteiger partial charge is 0.384 e. The molecule has 3 nitrogen and oxygen atoms in total. The minimum atomic E-state index is 0.324. The van der Waals surface area contributed by atoms with Crippen LogP contribution in [0.1, 0.15) is 63.6 Å². The van der Waals surface area contributed by atoms with E-state index in [9.17, 15) is 0 Å². The lowest BCUT2D eigenvalue weighted by Gasteiger charge is -2.20. The summed E-state index contributed by atoms with van der Waals surface area (Å²) in [5, 5.41) is 0. The van der Waals surface area contributed by atoms with Gasteiger partial charge in [0.25, 0.3) is 0 Å². The molecule has 0 bridgehead atoms. The fraction of sp³-hybridized carbons (Fsp3) is 0.500. The summed E-state index contributed by atoms with van der Waals surface area (Å²) < 4.78 is 2.19. The van der Waals surface area contributed by atoms with Crippen LogP contribution in [0.4, 0.5) is 5.82 Å². The summed E-state index contributed by atoms with van der Waals surface area (Å²) in [5.74, 6) is 2.43. The van der Waals surface area contributed by atoms with E-state index in [1.54, 1.807) is 0 Å². The lowest BCUT2D eigenvalue weighted by molar-refractivity contribution is 0.438. The maximum absolute atomic E-state index is 6.47. The summed E-state index contributed by atoms with van der Waals surface area (Å²) in [5.41, 5.74) is 8.75. The average Bonchev–Trinajstić information content (AvgIpc) is 2.87. The van der Waals surface area contributed by atoms with Gasteiger partial charge in [0.05, 0.1) is 5.69 Å². The Morgan fingerprint density at radius 1 is 1.10 bits per heavy atom. The van der Waals surface area contributed by atoms with Gasteiger partial charge in [-0.25, -0.2) is 4.98 Å². The first-order chi connectivity index (χ1) is 10.2. The van der Waals surface area contributed by atoms with Crippen LogP contribution in [-0.4, -0.2) is 9.55 Å². The van der Waals surface area contributed by atoms with Gasteiger partial charge in [0.2, 0.25) is 0 Å². The smallest absolute Gasteiger partial charge is 0.142 e. The predicted molar refractivity (Wildman–Crippen MR) is 88.3 cm³/mol. The standard InChI is InChI=1S/C18H25N3/c1-13(2)21-17(19)16(14-9-5-3-6-10-14)20-18(21)15-11-7-4-8-12-15/h4,7-8,11-14H,3,5-6,9-10,19H2,1-2H3. The zero-order valence-electron chi connectivity index (χ0n) is 13.0. The number of nitrogens with two attached hydrogens (primary N) is 1. The molecular weight excluding hydrogens is 258 g/mol. The number of anilines is 1. The monoisotopic (exact) mass is 283 g/mol. The van der Waals surface area contributed by atoms with Crippen LogP contribution < -0.4 is 5.73 Å². The van der Waals surface area contributed by atoms with Gasteiger partial charge in [0, 0.05) is 17.5 Å². The molecule has 0 amide bonds. The van der Waals surface area contributed by atoms with E-state index < -0.39 is 0 Å². The molecule has 1 saturated carbocycles. The maximum atomic E-state index is 6.47. The quantitative estimate of drug-likeness (QED) is 0.882. The van der Waals surface area contributed by atoms with Crippen molar-refractivity contribution in [3.05, 3.63) is 36.0 Å². The van der Waals surface area contributed by atoms with Gasteiger partial charge in [-0.3, -0.25) is 0 Å². The number of hydrogen-bond donors (Lipinski definition) is 1. The molecule has 0 unspecified atom stereocenters. The number of nitrogens with zero attached hydrogens (tertiary/aromatic N) is 2. The zero-order chi connectivity index (χ0) is 14.8. The molecule has 0 aliphatic heterocycles. The molecule has 112 valence electrons. The van der Waals surface area contributed by atoms with Crippen LogP contribution in [-0.2, 0) is 0 Å². The topological polar surface area (TPSA) is 43.8 Å². The lowest BCUT2D eigenvalue weighted by atomic mass is 9.87. The third-order valence-corrected chi connectivity index (χ3v) is 4.52. The Labute approximate surface area is 127 Å². The molecule has 0 saturated heterocycles. The number of imidazole rings is 1. The maximum Gasteiger partial charge on any atom is 0.142 e. The van der Waals surface area contributed by atoms with E-state index in [2.05, 4.69) is 42.7 Å². The van der Waals surface area contributed by atoms with Crippen molar-refractivity contribution in [2.45, 2.75) is 57.9 Å². The highest BCUT2D eigenvalue weighted by Gasteiger charge is 2.25. The Balaban J connectivity index is 2.07. The van der Waals surface area contributed by atoms with Gasteiger partial charge in [-0.2, -0.15) is 0 Å². The van der Waals surface area contributed by atoms with Crippen LogP contribution in [0.25, 0.3) is 11.4 Å². The molecular formula is C18H25N3. The molecule has 1 fully saturated rings. The molecule has 1 heterocycles. The van der Waals surface area contributed by atoms with Crippen LogP contribution in [0.3, 0.4) is 0 Å². The molecule has 1 aliphatic rings. The van der Waals surface area contributed by atoms with Crippen molar-refractivity contribution in [2.75, 3.05) is 5.73 Å². The Bertz CT molecular complexity index is 592. The molecule has 1 aliphatic carbocycles. The molecule has 0 atom stereocenters. The van der Waals surface area contributed by atoms with Gasteiger partial charge >= 0.3 is 0 Å². The molecule has 2 aromatic rings. The Kier molecular flexibility index (Phi) is 4.00. The normalized spacial score (nSPS) is 16.5. The predicted octanol–water partition coefficient (Wildman–Crippen LogP) is 4.76. The number of benzene rings is 1. The second-order valence-electron chi connectivity index (χ2n) is 6.37. The summed E-state index contributed by atoms with van der Waals surface area (Å²) in [4.78, 5) is 4.96. The van der Waals surface area contributed by atoms with Crippen molar-refractivity contribution in [1.29, 1.82) is 0 Å². The lowest BCUT2D eigenvalue weighted by Crippen LogP contribution is -2.10. The van der Waals surface area contributed by atoms with Gasteiger partial charge in [-0.05, 0) is 26.7 Å². The third kappa shape index (κ3) is 2.69. The molecule has 3 heteroatoms. The number of rotatable bonds is 3. The summed E-state index contributed by atoms with van der Waals surface area (Å²) in [6, 6.07) is 10.7. The fourth-order valence-corrected chi connectivity index (χ4v) is 3.45. The molecule has 21 heavy (non-hydrogen) atoms. The Morgan fingerprint density at radius 2 is 1.76 bits per heavy atom. The summed E-state index contributed by atoms with van der Waals surface area (Å²) in [6.07, 6.45) is 6.42. The van der Waals surface area contributed by atoms with Crippen LogP contribution in [0, 0.1) is 0 Å². The molecule has 1 aromatic carbocycles. The summed E-state index contributed by atoms with van der Waals surface area (Å²) in [6.45, 7) is 4.35. The molecule has 3 rings (SSSR count). The highest BCUT2D eigenvalue weighted by molar-refractivity contribution is 5.61. The first kappa shape index (κ1) is 14.2. The van der Waals surface area contributed by atoms with E-state index in [0.29, 0.717) is 12.0 Å². The van der Waals surface area contributed by atoms with Crippen LogP contribution in [0.5, 0.6) is 0 Å². The van der Waals surface area contributed by atoms with Crippen molar-refractivity contribution in [2.24, 2.45) is 0 Å². The van der Waals surface area contributed by atoms with Gasteiger partial charge < -0.3 is 10.3 Å². The van der Waals surface area contributed by atoms with Crippen molar-refractivity contribution in [1.82, 2.24) is 9.55 Å². The van der Waals surface area contributed by atoms with Crippen molar-refractivity contribution < 1.29 is 0 Å². The van der Waals surface area contributed by atoms with Gasteiger partial charge in [-0.15, -0.1) is 0 Å². The van der Waals surface area contributed by atoms with Gasteiger partial charge in [0.15, 0.2) is 0 Å². The number of nitrogen functional groups attached to an aromatic ring is 1. The van der Waals surface area contributed by atoms with Crippen LogP contribution >= 0.6 is 0 Å². The van der Waals surface area contributed by atoms with E-state index in [4.69, 9.17) is 10.7 Å². The zero-order valence-corrected chi connectivity index (χ0v) is 13.0.